The van der Waals surface area contributed by atoms with Crippen molar-refractivity contribution in [3.8, 4) is 6.07 Å². The summed E-state index contributed by atoms with van der Waals surface area (Å²) in [5.41, 5.74) is 8.70. The number of primary amides is 1. The van der Waals surface area contributed by atoms with Crippen LogP contribution in [0.15, 0.2) is 48.5 Å². The van der Waals surface area contributed by atoms with E-state index in [1.165, 1.54) is 0 Å². The summed E-state index contributed by atoms with van der Waals surface area (Å²) < 4.78 is 0. The highest BCUT2D eigenvalue weighted by Gasteiger charge is 2.28. The number of nitrogens with two attached hydrogens (primary N) is 1. The van der Waals surface area contributed by atoms with E-state index in [-0.39, 0.29) is 18.4 Å². The standard InChI is InChI=1S/C22H25N5O2/c1-15-4-2-6-17(10-15)20(26-22(24)29)12-21(28)27-9-8-19(14-27)25-18-7-3-5-16(11-18)13-23/h2-7,10-11,19-20,25H,8-9,12,14H2,1H3,(H3,24,26,29). The Balaban J connectivity index is 1.62. The molecule has 150 valence electrons. The highest BCUT2D eigenvalue weighted by molar-refractivity contribution is 5.79. The summed E-state index contributed by atoms with van der Waals surface area (Å²) >= 11 is 0. The monoisotopic (exact) mass is 391 g/mol. The molecule has 0 radical (unpaired) electrons. The van der Waals surface area contributed by atoms with Crippen LogP contribution in [0.3, 0.4) is 0 Å². The number of hydrogen-bond donors (Lipinski definition) is 3. The number of rotatable bonds is 6. The number of aryl methyl sites for hydroxylation is 1. The summed E-state index contributed by atoms with van der Waals surface area (Å²) in [6.07, 6.45) is 0.976. The normalized spacial score (nSPS) is 16.7. The Kier molecular flexibility index (Phi) is 6.35. The lowest BCUT2D eigenvalue weighted by molar-refractivity contribution is -0.130. The molecule has 2 unspecified atom stereocenters. The molecule has 1 aliphatic rings. The summed E-state index contributed by atoms with van der Waals surface area (Å²) in [7, 11) is 0. The first-order valence-electron chi connectivity index (χ1n) is 9.61. The van der Waals surface area contributed by atoms with E-state index in [0.29, 0.717) is 18.7 Å². The van der Waals surface area contributed by atoms with Crippen molar-refractivity contribution in [2.75, 3.05) is 18.4 Å². The third kappa shape index (κ3) is 5.48. The maximum Gasteiger partial charge on any atom is 0.312 e. The molecule has 2 aromatic carbocycles. The topological polar surface area (TPSA) is 111 Å². The molecule has 0 bridgehead atoms. The van der Waals surface area contributed by atoms with Gasteiger partial charge in [-0.1, -0.05) is 35.9 Å². The lowest BCUT2D eigenvalue weighted by Gasteiger charge is -2.23. The molecule has 2 aromatic rings. The fourth-order valence-electron chi connectivity index (χ4n) is 3.63. The molecule has 1 fully saturated rings. The van der Waals surface area contributed by atoms with E-state index in [0.717, 1.165) is 23.2 Å². The van der Waals surface area contributed by atoms with Gasteiger partial charge in [0.05, 0.1) is 24.1 Å². The predicted molar refractivity (Wildman–Crippen MR) is 111 cm³/mol. The molecule has 3 rings (SSSR count). The third-order valence-electron chi connectivity index (χ3n) is 5.04. The molecule has 0 spiro atoms. The van der Waals surface area contributed by atoms with Crippen LogP contribution in [0.5, 0.6) is 0 Å². The second-order valence-electron chi connectivity index (χ2n) is 7.34. The van der Waals surface area contributed by atoms with E-state index in [2.05, 4.69) is 16.7 Å². The van der Waals surface area contributed by atoms with Crippen molar-refractivity contribution in [2.24, 2.45) is 5.73 Å². The first-order valence-corrected chi connectivity index (χ1v) is 9.61. The van der Waals surface area contributed by atoms with Gasteiger partial charge in [0.15, 0.2) is 0 Å². The number of amides is 3. The Labute approximate surface area is 170 Å². The van der Waals surface area contributed by atoms with Crippen LogP contribution in [0.25, 0.3) is 0 Å². The van der Waals surface area contributed by atoms with E-state index >= 15 is 0 Å². The molecule has 0 aliphatic carbocycles. The van der Waals surface area contributed by atoms with Crippen molar-refractivity contribution < 1.29 is 9.59 Å². The van der Waals surface area contributed by atoms with E-state index in [9.17, 15) is 9.59 Å². The van der Waals surface area contributed by atoms with Crippen molar-refractivity contribution >= 4 is 17.6 Å². The summed E-state index contributed by atoms with van der Waals surface area (Å²) in [5.74, 6) is -0.0275. The molecule has 0 aromatic heterocycles. The van der Waals surface area contributed by atoms with Crippen LogP contribution in [0.2, 0.25) is 0 Å². The Hall–Kier alpha value is -3.53. The first-order chi connectivity index (χ1) is 13.9. The minimum Gasteiger partial charge on any atom is -0.380 e. The van der Waals surface area contributed by atoms with Crippen LogP contribution in [-0.4, -0.2) is 36.0 Å². The van der Waals surface area contributed by atoms with Crippen molar-refractivity contribution in [2.45, 2.75) is 31.8 Å². The molecule has 3 amide bonds. The number of nitrogens with one attached hydrogen (secondary N) is 2. The minimum atomic E-state index is -0.650. The van der Waals surface area contributed by atoms with Crippen molar-refractivity contribution in [1.82, 2.24) is 10.2 Å². The Morgan fingerprint density at radius 1 is 1.28 bits per heavy atom. The number of carbonyl (C=O) groups excluding carboxylic acids is 2. The van der Waals surface area contributed by atoms with Gasteiger partial charge in [-0.15, -0.1) is 0 Å². The number of likely N-dealkylation sites (tertiary alicyclic amines) is 1. The molecular formula is C22H25N5O2. The van der Waals surface area contributed by atoms with E-state index in [4.69, 9.17) is 11.0 Å². The number of nitriles is 1. The molecular weight excluding hydrogens is 366 g/mol. The SMILES string of the molecule is Cc1cccc(C(CC(=O)N2CCC(Nc3cccc(C#N)c3)C2)NC(N)=O)c1. The second kappa shape index (κ2) is 9.11. The number of anilines is 1. The highest BCUT2D eigenvalue weighted by atomic mass is 16.2. The van der Waals surface area contributed by atoms with Gasteiger partial charge >= 0.3 is 6.03 Å². The smallest absolute Gasteiger partial charge is 0.312 e. The van der Waals surface area contributed by atoms with Crippen LogP contribution in [0, 0.1) is 18.3 Å². The lowest BCUT2D eigenvalue weighted by Crippen LogP contribution is -2.38. The van der Waals surface area contributed by atoms with E-state index in [1.807, 2.05) is 43.3 Å². The lowest BCUT2D eigenvalue weighted by atomic mass is 10.0. The summed E-state index contributed by atoms with van der Waals surface area (Å²) in [4.78, 5) is 26.1. The summed E-state index contributed by atoms with van der Waals surface area (Å²) in [6.45, 7) is 3.18. The first kappa shape index (κ1) is 20.2. The van der Waals surface area contributed by atoms with Crippen LogP contribution in [0.1, 0.15) is 35.6 Å². The molecule has 7 heteroatoms. The summed E-state index contributed by atoms with van der Waals surface area (Å²) in [5, 5.41) is 15.1. The van der Waals surface area contributed by atoms with Gasteiger partial charge in [0.1, 0.15) is 0 Å². The van der Waals surface area contributed by atoms with Gasteiger partial charge in [0.25, 0.3) is 0 Å². The molecule has 4 N–H and O–H groups in total. The fourth-order valence-corrected chi connectivity index (χ4v) is 3.63. The van der Waals surface area contributed by atoms with Crippen LogP contribution in [0.4, 0.5) is 10.5 Å². The van der Waals surface area contributed by atoms with Crippen molar-refractivity contribution in [3.05, 3.63) is 65.2 Å². The molecule has 2 atom stereocenters. The van der Waals surface area contributed by atoms with E-state index in [1.54, 1.807) is 17.0 Å². The van der Waals surface area contributed by atoms with Gasteiger partial charge in [-0.25, -0.2) is 4.79 Å². The molecule has 1 heterocycles. The van der Waals surface area contributed by atoms with Gasteiger partial charge in [0.2, 0.25) is 5.91 Å². The summed E-state index contributed by atoms with van der Waals surface area (Å²) in [6, 6.07) is 16.1. The van der Waals surface area contributed by atoms with Gasteiger partial charge < -0.3 is 21.3 Å². The van der Waals surface area contributed by atoms with Crippen LogP contribution in [-0.2, 0) is 4.79 Å². The number of hydrogen-bond acceptors (Lipinski definition) is 4. The predicted octanol–water partition coefficient (Wildman–Crippen LogP) is 2.68. The number of benzene rings is 2. The van der Waals surface area contributed by atoms with Crippen molar-refractivity contribution in [1.29, 1.82) is 5.26 Å². The fraction of sp³-hybridized carbons (Fsp3) is 0.318. The zero-order valence-corrected chi connectivity index (χ0v) is 16.4. The van der Waals surface area contributed by atoms with Gasteiger partial charge in [-0.3, -0.25) is 4.79 Å². The zero-order chi connectivity index (χ0) is 20.8. The highest BCUT2D eigenvalue weighted by Crippen LogP contribution is 2.22. The average Bonchev–Trinajstić information content (AvgIpc) is 3.16. The van der Waals surface area contributed by atoms with Gasteiger partial charge in [-0.05, 0) is 37.1 Å². The number of carbonyl (C=O) groups is 2. The molecule has 0 saturated carbocycles. The van der Waals surface area contributed by atoms with Crippen LogP contribution < -0.4 is 16.4 Å². The largest absolute Gasteiger partial charge is 0.380 e. The number of urea groups is 1. The Bertz CT molecular complexity index is 937. The van der Waals surface area contributed by atoms with Crippen LogP contribution >= 0.6 is 0 Å². The second-order valence-corrected chi connectivity index (χ2v) is 7.34. The van der Waals surface area contributed by atoms with Crippen molar-refractivity contribution in [3.63, 3.8) is 0 Å². The molecule has 7 nitrogen and oxygen atoms in total. The maximum atomic E-state index is 12.9. The van der Waals surface area contributed by atoms with E-state index < -0.39 is 12.1 Å². The molecule has 1 aliphatic heterocycles. The third-order valence-corrected chi connectivity index (χ3v) is 5.04. The van der Waals surface area contributed by atoms with Gasteiger partial charge in [-0.2, -0.15) is 5.26 Å². The minimum absolute atomic E-state index is 0.0275. The average molecular weight is 391 g/mol. The van der Waals surface area contributed by atoms with Gasteiger partial charge in [0, 0.05) is 24.8 Å². The Morgan fingerprint density at radius 3 is 2.79 bits per heavy atom. The molecule has 1 saturated heterocycles. The quantitative estimate of drug-likeness (QED) is 0.703. The molecule has 29 heavy (non-hydrogen) atoms. The number of nitrogens with zero attached hydrogens (tertiary/aromatic N) is 2. The maximum absolute atomic E-state index is 12.9. The zero-order valence-electron chi connectivity index (χ0n) is 16.4. The Morgan fingerprint density at radius 2 is 2.07 bits per heavy atom.